The number of rotatable bonds is 5. The molecular formula is C17H17BrO3. The van der Waals surface area contributed by atoms with Gasteiger partial charge in [-0.25, -0.2) is 0 Å². The number of aryl methyl sites for hydroxylation is 1. The summed E-state index contributed by atoms with van der Waals surface area (Å²) in [6, 6.07) is 12.8. The molecule has 3 nitrogen and oxygen atoms in total. The number of Topliss-reactive ketones (excluding diaryl/α,β-unsaturated/α-hetero) is 1. The molecule has 0 bridgehead atoms. The SMILES string of the molecule is COc1ccc(C(=O)C(C)Oc2cc(Br)ccc2C)cc1. The Kier molecular flexibility index (Phi) is 5.02. The molecular weight excluding hydrogens is 332 g/mol. The van der Waals surface area contributed by atoms with E-state index in [0.717, 1.165) is 15.8 Å². The van der Waals surface area contributed by atoms with Crippen LogP contribution in [0, 0.1) is 6.92 Å². The van der Waals surface area contributed by atoms with Crippen LogP contribution in [0.5, 0.6) is 11.5 Å². The van der Waals surface area contributed by atoms with Crippen LogP contribution in [0.3, 0.4) is 0 Å². The smallest absolute Gasteiger partial charge is 0.202 e. The number of carbonyl (C=O) groups is 1. The molecule has 0 radical (unpaired) electrons. The van der Waals surface area contributed by atoms with Crippen LogP contribution in [0.15, 0.2) is 46.9 Å². The van der Waals surface area contributed by atoms with Crippen molar-refractivity contribution in [2.45, 2.75) is 20.0 Å². The number of ketones is 1. The molecule has 0 N–H and O–H groups in total. The molecule has 4 heteroatoms. The summed E-state index contributed by atoms with van der Waals surface area (Å²) in [5.74, 6) is 1.37. The van der Waals surface area contributed by atoms with Crippen molar-refractivity contribution in [3.63, 3.8) is 0 Å². The van der Waals surface area contributed by atoms with E-state index in [1.165, 1.54) is 0 Å². The van der Waals surface area contributed by atoms with Crippen LogP contribution in [0.2, 0.25) is 0 Å². The van der Waals surface area contributed by atoms with Gasteiger partial charge in [-0.2, -0.15) is 0 Å². The lowest BCUT2D eigenvalue weighted by Gasteiger charge is -2.16. The van der Waals surface area contributed by atoms with E-state index in [1.54, 1.807) is 38.3 Å². The Morgan fingerprint density at radius 1 is 1.14 bits per heavy atom. The van der Waals surface area contributed by atoms with Gasteiger partial charge in [0.1, 0.15) is 11.5 Å². The zero-order chi connectivity index (χ0) is 15.4. The first kappa shape index (κ1) is 15.6. The van der Waals surface area contributed by atoms with E-state index in [1.807, 2.05) is 25.1 Å². The van der Waals surface area contributed by atoms with Crippen LogP contribution >= 0.6 is 15.9 Å². The predicted octanol–water partition coefficient (Wildman–Crippen LogP) is 4.42. The fourth-order valence-electron chi connectivity index (χ4n) is 1.93. The van der Waals surface area contributed by atoms with Crippen molar-refractivity contribution in [2.24, 2.45) is 0 Å². The molecule has 0 aromatic heterocycles. The van der Waals surface area contributed by atoms with Gasteiger partial charge in [0.25, 0.3) is 0 Å². The number of halogens is 1. The van der Waals surface area contributed by atoms with Crippen molar-refractivity contribution in [1.82, 2.24) is 0 Å². The third-order valence-electron chi connectivity index (χ3n) is 3.20. The Morgan fingerprint density at radius 2 is 1.81 bits per heavy atom. The normalized spacial score (nSPS) is 11.8. The van der Waals surface area contributed by atoms with Gasteiger partial charge in [0.2, 0.25) is 5.78 Å². The molecule has 2 aromatic carbocycles. The predicted molar refractivity (Wildman–Crippen MR) is 86.3 cm³/mol. The van der Waals surface area contributed by atoms with Crippen LogP contribution in [-0.2, 0) is 0 Å². The average Bonchev–Trinajstić information content (AvgIpc) is 2.50. The van der Waals surface area contributed by atoms with E-state index in [2.05, 4.69) is 15.9 Å². The summed E-state index contributed by atoms with van der Waals surface area (Å²) in [4.78, 5) is 12.4. The Morgan fingerprint density at radius 3 is 2.43 bits per heavy atom. The summed E-state index contributed by atoms with van der Waals surface area (Å²) >= 11 is 3.41. The van der Waals surface area contributed by atoms with Gasteiger partial charge >= 0.3 is 0 Å². The third kappa shape index (κ3) is 3.85. The minimum atomic E-state index is -0.550. The maximum Gasteiger partial charge on any atom is 0.202 e. The number of benzene rings is 2. The van der Waals surface area contributed by atoms with Crippen molar-refractivity contribution >= 4 is 21.7 Å². The standard InChI is InChI=1S/C17H17BrO3/c1-11-4-7-14(18)10-16(11)21-12(2)17(19)13-5-8-15(20-3)9-6-13/h4-10,12H,1-3H3. The molecule has 0 aliphatic heterocycles. The van der Waals surface area contributed by atoms with Crippen LogP contribution in [0.1, 0.15) is 22.8 Å². The molecule has 0 aliphatic rings. The van der Waals surface area contributed by atoms with E-state index in [4.69, 9.17) is 9.47 Å². The van der Waals surface area contributed by atoms with Crippen LogP contribution in [-0.4, -0.2) is 19.0 Å². The number of methoxy groups -OCH3 is 1. The Labute approximate surface area is 133 Å². The van der Waals surface area contributed by atoms with Crippen molar-refractivity contribution in [3.05, 3.63) is 58.1 Å². The number of ether oxygens (including phenoxy) is 2. The topological polar surface area (TPSA) is 35.5 Å². The fraction of sp³-hybridized carbons (Fsp3) is 0.235. The van der Waals surface area contributed by atoms with E-state index < -0.39 is 6.10 Å². The number of carbonyl (C=O) groups excluding carboxylic acids is 1. The second kappa shape index (κ2) is 6.76. The minimum absolute atomic E-state index is 0.0583. The molecule has 0 saturated carbocycles. The van der Waals surface area contributed by atoms with E-state index in [0.29, 0.717) is 11.3 Å². The molecule has 0 aliphatic carbocycles. The first-order chi connectivity index (χ1) is 10.0. The van der Waals surface area contributed by atoms with Crippen molar-refractivity contribution < 1.29 is 14.3 Å². The molecule has 110 valence electrons. The fourth-order valence-corrected chi connectivity index (χ4v) is 2.27. The second-order valence-electron chi connectivity index (χ2n) is 4.76. The summed E-state index contributed by atoms with van der Waals surface area (Å²) in [5, 5.41) is 0. The summed E-state index contributed by atoms with van der Waals surface area (Å²) in [6.45, 7) is 3.71. The van der Waals surface area contributed by atoms with Crippen molar-refractivity contribution in [2.75, 3.05) is 7.11 Å². The highest BCUT2D eigenvalue weighted by atomic mass is 79.9. The molecule has 2 aromatic rings. The summed E-state index contributed by atoms with van der Waals surface area (Å²) in [5.41, 5.74) is 1.60. The lowest BCUT2D eigenvalue weighted by atomic mass is 10.1. The van der Waals surface area contributed by atoms with Crippen LogP contribution in [0.4, 0.5) is 0 Å². The number of hydrogen-bond donors (Lipinski definition) is 0. The highest BCUT2D eigenvalue weighted by molar-refractivity contribution is 9.10. The molecule has 21 heavy (non-hydrogen) atoms. The van der Waals surface area contributed by atoms with Crippen molar-refractivity contribution in [3.8, 4) is 11.5 Å². The average molecular weight is 349 g/mol. The second-order valence-corrected chi connectivity index (χ2v) is 5.68. The Hall–Kier alpha value is -1.81. The molecule has 1 unspecified atom stereocenters. The first-order valence-corrected chi connectivity index (χ1v) is 7.41. The van der Waals surface area contributed by atoms with E-state index in [9.17, 15) is 4.79 Å². The summed E-state index contributed by atoms with van der Waals surface area (Å²) in [6.07, 6.45) is -0.550. The summed E-state index contributed by atoms with van der Waals surface area (Å²) < 4.78 is 11.8. The molecule has 0 heterocycles. The van der Waals surface area contributed by atoms with Gasteiger partial charge in [-0.05, 0) is 55.8 Å². The quantitative estimate of drug-likeness (QED) is 0.750. The highest BCUT2D eigenvalue weighted by Crippen LogP contribution is 2.24. The largest absolute Gasteiger partial charge is 0.497 e. The number of hydrogen-bond acceptors (Lipinski definition) is 3. The van der Waals surface area contributed by atoms with Gasteiger partial charge in [0, 0.05) is 10.0 Å². The maximum atomic E-state index is 12.4. The highest BCUT2D eigenvalue weighted by Gasteiger charge is 2.17. The maximum absolute atomic E-state index is 12.4. The van der Waals surface area contributed by atoms with Gasteiger partial charge in [-0.3, -0.25) is 4.79 Å². The van der Waals surface area contributed by atoms with Gasteiger partial charge in [0.05, 0.1) is 7.11 Å². The molecule has 2 rings (SSSR count). The zero-order valence-electron chi connectivity index (χ0n) is 12.2. The van der Waals surface area contributed by atoms with Gasteiger partial charge < -0.3 is 9.47 Å². The Balaban J connectivity index is 2.13. The zero-order valence-corrected chi connectivity index (χ0v) is 13.8. The van der Waals surface area contributed by atoms with Gasteiger partial charge in [0.15, 0.2) is 6.10 Å². The minimum Gasteiger partial charge on any atom is -0.497 e. The monoisotopic (exact) mass is 348 g/mol. The van der Waals surface area contributed by atoms with Crippen molar-refractivity contribution in [1.29, 1.82) is 0 Å². The third-order valence-corrected chi connectivity index (χ3v) is 3.69. The van der Waals surface area contributed by atoms with E-state index in [-0.39, 0.29) is 5.78 Å². The van der Waals surface area contributed by atoms with Gasteiger partial charge in [-0.15, -0.1) is 0 Å². The first-order valence-electron chi connectivity index (χ1n) is 6.62. The van der Waals surface area contributed by atoms with Crippen LogP contribution in [0.25, 0.3) is 0 Å². The molecule has 0 amide bonds. The molecule has 0 spiro atoms. The molecule has 0 fully saturated rings. The molecule has 1 atom stereocenters. The lowest BCUT2D eigenvalue weighted by Crippen LogP contribution is -2.24. The van der Waals surface area contributed by atoms with Crippen LogP contribution < -0.4 is 9.47 Å². The Bertz CT molecular complexity index is 635. The van der Waals surface area contributed by atoms with E-state index >= 15 is 0 Å². The van der Waals surface area contributed by atoms with Gasteiger partial charge in [-0.1, -0.05) is 22.0 Å². The summed E-state index contributed by atoms with van der Waals surface area (Å²) in [7, 11) is 1.60. The molecule has 0 saturated heterocycles. The lowest BCUT2D eigenvalue weighted by molar-refractivity contribution is 0.0817.